The van der Waals surface area contributed by atoms with E-state index in [9.17, 15) is 9.59 Å². The van der Waals surface area contributed by atoms with E-state index in [1.165, 1.54) is 11.8 Å². The van der Waals surface area contributed by atoms with Crippen LogP contribution >= 0.6 is 11.8 Å². The molecule has 0 saturated heterocycles. The molecule has 0 aliphatic carbocycles. The highest BCUT2D eigenvalue weighted by Gasteiger charge is 2.32. The number of fused-ring (bicyclic) bond motifs is 1. The average molecular weight is 571 g/mol. The predicted molar refractivity (Wildman–Crippen MR) is 156 cm³/mol. The van der Waals surface area contributed by atoms with E-state index < -0.39 is 6.04 Å². The first-order valence-electron chi connectivity index (χ1n) is 13.0. The van der Waals surface area contributed by atoms with Gasteiger partial charge < -0.3 is 24.4 Å². The Hall–Kier alpha value is -4.57. The van der Waals surface area contributed by atoms with Gasteiger partial charge in [0, 0.05) is 29.7 Å². The lowest BCUT2D eigenvalue weighted by molar-refractivity contribution is -0.137. The van der Waals surface area contributed by atoms with Gasteiger partial charge in [0.2, 0.25) is 12.7 Å². The number of benzene rings is 3. The smallest absolute Gasteiger partial charge is 0.251 e. The molecule has 1 aromatic heterocycles. The molecule has 2 amide bonds. The summed E-state index contributed by atoms with van der Waals surface area (Å²) in [5.74, 6) is 1.26. The van der Waals surface area contributed by atoms with Crippen molar-refractivity contribution in [2.75, 3.05) is 25.0 Å². The number of methoxy groups -OCH3 is 1. The molecular weight excluding hydrogens is 540 g/mol. The van der Waals surface area contributed by atoms with E-state index in [0.29, 0.717) is 33.7 Å². The van der Waals surface area contributed by atoms with Crippen LogP contribution in [-0.2, 0) is 16.1 Å². The molecule has 5 rings (SSSR count). The molecule has 2 heterocycles. The van der Waals surface area contributed by atoms with Crippen LogP contribution in [0.4, 0.5) is 5.69 Å². The van der Waals surface area contributed by atoms with Gasteiger partial charge in [0.05, 0.1) is 12.9 Å². The summed E-state index contributed by atoms with van der Waals surface area (Å²) < 4.78 is 16.2. The largest absolute Gasteiger partial charge is 0.497 e. The molecule has 4 aromatic rings. The number of ether oxygens (including phenoxy) is 3. The van der Waals surface area contributed by atoms with Crippen molar-refractivity contribution >= 4 is 29.3 Å². The van der Waals surface area contributed by atoms with Gasteiger partial charge in [0.1, 0.15) is 11.8 Å². The highest BCUT2D eigenvalue weighted by atomic mass is 32.2. The third-order valence-corrected chi connectivity index (χ3v) is 7.27. The molecule has 0 radical (unpaired) electrons. The van der Waals surface area contributed by atoms with Gasteiger partial charge in [0.25, 0.3) is 5.91 Å². The number of rotatable bonds is 10. The van der Waals surface area contributed by atoms with E-state index in [4.69, 9.17) is 14.2 Å². The Morgan fingerprint density at radius 2 is 1.66 bits per heavy atom. The molecule has 0 fully saturated rings. The number of nitrogens with one attached hydrogen (secondary N) is 1. The molecule has 1 unspecified atom stereocenters. The van der Waals surface area contributed by atoms with Crippen LogP contribution in [0.1, 0.15) is 28.6 Å². The highest BCUT2D eigenvalue weighted by molar-refractivity contribution is 7.99. The number of amides is 2. The molecule has 41 heavy (non-hydrogen) atoms. The number of thioether (sulfide) groups is 1. The van der Waals surface area contributed by atoms with Gasteiger partial charge in [-0.3, -0.25) is 9.59 Å². The van der Waals surface area contributed by atoms with Crippen LogP contribution in [0.5, 0.6) is 17.2 Å². The van der Waals surface area contributed by atoms with Gasteiger partial charge in [-0.15, -0.1) is 0 Å². The van der Waals surface area contributed by atoms with E-state index >= 15 is 0 Å². The van der Waals surface area contributed by atoms with Crippen LogP contribution in [0.15, 0.2) is 84.0 Å². The normalized spacial score (nSPS) is 12.5. The number of hydrogen-bond acceptors (Lipinski definition) is 8. The Morgan fingerprint density at radius 3 is 2.37 bits per heavy atom. The monoisotopic (exact) mass is 570 g/mol. The fourth-order valence-electron chi connectivity index (χ4n) is 4.51. The molecule has 3 aromatic carbocycles. The molecule has 210 valence electrons. The minimum atomic E-state index is -0.945. The molecule has 0 bridgehead atoms. The van der Waals surface area contributed by atoms with Gasteiger partial charge in [0.15, 0.2) is 16.7 Å². The summed E-state index contributed by atoms with van der Waals surface area (Å²) >= 11 is 1.25. The first kappa shape index (κ1) is 28.0. The topological polar surface area (TPSA) is 103 Å². The number of carbonyl (C=O) groups excluding carboxylic acids is 2. The molecule has 1 aliphatic rings. The molecule has 9 nitrogen and oxygen atoms in total. The zero-order valence-electron chi connectivity index (χ0n) is 23.0. The van der Waals surface area contributed by atoms with Crippen LogP contribution in [0.25, 0.3) is 0 Å². The lowest BCUT2D eigenvalue weighted by atomic mass is 10.0. The van der Waals surface area contributed by atoms with Gasteiger partial charge >= 0.3 is 0 Å². The quantitative estimate of drug-likeness (QED) is 0.202. The molecular formula is C31H30N4O5S. The van der Waals surface area contributed by atoms with E-state index in [0.717, 1.165) is 17.0 Å². The maximum Gasteiger partial charge on any atom is 0.251 e. The van der Waals surface area contributed by atoms with Gasteiger partial charge in [-0.05, 0) is 55.3 Å². The number of carbonyl (C=O) groups is 2. The van der Waals surface area contributed by atoms with E-state index in [2.05, 4.69) is 15.3 Å². The van der Waals surface area contributed by atoms with E-state index in [1.54, 1.807) is 54.5 Å². The second kappa shape index (κ2) is 12.7. The van der Waals surface area contributed by atoms with E-state index in [1.807, 2.05) is 50.2 Å². The van der Waals surface area contributed by atoms with Crippen LogP contribution in [0, 0.1) is 13.8 Å². The molecule has 1 atom stereocenters. The Kier molecular flexibility index (Phi) is 8.69. The number of anilines is 1. The van der Waals surface area contributed by atoms with Gasteiger partial charge in [-0.2, -0.15) is 0 Å². The second-order valence-corrected chi connectivity index (χ2v) is 10.4. The maximum atomic E-state index is 14.0. The Morgan fingerprint density at radius 1 is 0.951 bits per heavy atom. The summed E-state index contributed by atoms with van der Waals surface area (Å²) in [7, 11) is 1.58. The summed E-state index contributed by atoms with van der Waals surface area (Å²) in [6.45, 7) is 4.13. The van der Waals surface area contributed by atoms with E-state index in [-0.39, 0.29) is 30.9 Å². The molecule has 10 heteroatoms. The molecule has 1 aliphatic heterocycles. The minimum absolute atomic E-state index is 0.0552. The second-order valence-electron chi connectivity index (χ2n) is 9.46. The summed E-state index contributed by atoms with van der Waals surface area (Å²) in [5.41, 5.74) is 3.72. The third-order valence-electron chi connectivity index (χ3n) is 6.43. The average Bonchev–Trinajstić information content (AvgIpc) is 3.44. The van der Waals surface area contributed by atoms with Crippen molar-refractivity contribution < 1.29 is 23.8 Å². The van der Waals surface area contributed by atoms with Crippen molar-refractivity contribution in [2.45, 2.75) is 31.6 Å². The van der Waals surface area contributed by atoms with Crippen molar-refractivity contribution in [2.24, 2.45) is 0 Å². The first-order chi connectivity index (χ1) is 19.9. The van der Waals surface area contributed by atoms with Crippen LogP contribution < -0.4 is 19.5 Å². The fraction of sp³-hybridized carbons (Fsp3) is 0.226. The maximum absolute atomic E-state index is 14.0. The Bertz CT molecular complexity index is 1510. The minimum Gasteiger partial charge on any atom is -0.497 e. The lowest BCUT2D eigenvalue weighted by Gasteiger charge is -2.31. The SMILES string of the molecule is COc1ccc(C(C(=O)Nc2ccc3c(c2)OCO3)N(Cc2ccccc2)C(=O)CSc2nc(C)cc(C)n2)cc1. The summed E-state index contributed by atoms with van der Waals surface area (Å²) in [6, 6.07) is 22.9. The Labute approximate surface area is 242 Å². The highest BCUT2D eigenvalue weighted by Crippen LogP contribution is 2.35. The summed E-state index contributed by atoms with van der Waals surface area (Å²) in [5, 5.41) is 3.49. The number of aryl methyl sites for hydroxylation is 2. The van der Waals surface area contributed by atoms with Crippen molar-refractivity contribution in [3.8, 4) is 17.2 Å². The zero-order chi connectivity index (χ0) is 28.8. The standard InChI is InChI=1S/C31H30N4O5S/c1-20-15-21(2)33-31(32-20)41-18-28(36)35(17-22-7-5-4-6-8-22)29(23-9-12-25(38-3)13-10-23)30(37)34-24-11-14-26-27(16-24)40-19-39-26/h4-16,29H,17-19H2,1-3H3,(H,34,37). The lowest BCUT2D eigenvalue weighted by Crippen LogP contribution is -2.41. The molecule has 1 N–H and O–H groups in total. The fourth-order valence-corrected chi connectivity index (χ4v) is 5.35. The summed E-state index contributed by atoms with van der Waals surface area (Å²) in [6.07, 6.45) is 0. The van der Waals surface area contributed by atoms with Crippen molar-refractivity contribution in [3.05, 3.63) is 101 Å². The third kappa shape index (κ3) is 6.96. The Balaban J connectivity index is 1.48. The van der Waals surface area contributed by atoms with Crippen molar-refractivity contribution in [3.63, 3.8) is 0 Å². The van der Waals surface area contributed by atoms with Crippen LogP contribution in [0.2, 0.25) is 0 Å². The van der Waals surface area contributed by atoms with Crippen LogP contribution in [-0.4, -0.2) is 46.3 Å². The first-order valence-corrected chi connectivity index (χ1v) is 14.0. The zero-order valence-corrected chi connectivity index (χ0v) is 23.8. The van der Waals surface area contributed by atoms with Crippen molar-refractivity contribution in [1.82, 2.24) is 14.9 Å². The molecule has 0 spiro atoms. The van der Waals surface area contributed by atoms with Crippen LogP contribution in [0.3, 0.4) is 0 Å². The number of hydrogen-bond donors (Lipinski definition) is 1. The van der Waals surface area contributed by atoms with Gasteiger partial charge in [-0.25, -0.2) is 9.97 Å². The van der Waals surface area contributed by atoms with Gasteiger partial charge in [-0.1, -0.05) is 54.2 Å². The van der Waals surface area contributed by atoms with Crippen molar-refractivity contribution in [1.29, 1.82) is 0 Å². The summed E-state index contributed by atoms with van der Waals surface area (Å²) in [4.78, 5) is 38.5. The molecule has 0 saturated carbocycles. The number of aromatic nitrogens is 2. The number of nitrogens with zero attached hydrogens (tertiary/aromatic N) is 3. The predicted octanol–water partition coefficient (Wildman–Crippen LogP) is 5.33.